The van der Waals surface area contributed by atoms with Gasteiger partial charge in [0.2, 0.25) is 5.91 Å². The first-order chi connectivity index (χ1) is 13.1. The molecule has 3 aromatic rings. The number of rotatable bonds is 2. The minimum absolute atomic E-state index is 0.0679. The van der Waals surface area contributed by atoms with E-state index in [2.05, 4.69) is 53.5 Å². The molecule has 2 aromatic carbocycles. The van der Waals surface area contributed by atoms with Crippen molar-refractivity contribution in [3.05, 3.63) is 53.6 Å². The fraction of sp³-hybridized carbons (Fsp3) is 0.364. The average molecular weight is 378 g/mol. The molecule has 5 heteroatoms. The molecule has 1 N–H and O–H groups in total. The third-order valence-corrected chi connectivity index (χ3v) is 7.48. The van der Waals surface area contributed by atoms with Gasteiger partial charge in [-0.25, -0.2) is 0 Å². The number of aryl methyl sites for hydroxylation is 1. The molecule has 1 aromatic heterocycles. The second-order valence-corrected chi connectivity index (χ2v) is 9.03. The van der Waals surface area contributed by atoms with E-state index in [-0.39, 0.29) is 5.41 Å². The molecule has 1 amide bonds. The van der Waals surface area contributed by atoms with Crippen LogP contribution in [-0.4, -0.2) is 34.1 Å². The molecule has 1 aliphatic carbocycles. The molecular weight excluding hydrogens is 354 g/mol. The fourth-order valence-corrected chi connectivity index (χ4v) is 5.89. The number of likely N-dealkylation sites (N-methyl/N-ethyl adjacent to an activating group) is 1. The van der Waals surface area contributed by atoms with Gasteiger partial charge in [-0.1, -0.05) is 43.0 Å². The van der Waals surface area contributed by atoms with Crippen molar-refractivity contribution >= 4 is 28.6 Å². The topological polar surface area (TPSA) is 49.0 Å². The van der Waals surface area contributed by atoms with Crippen LogP contribution in [0.25, 0.3) is 10.9 Å². The highest BCUT2D eigenvalue weighted by Crippen LogP contribution is 2.46. The molecule has 2 heterocycles. The molecule has 0 bridgehead atoms. The lowest BCUT2D eigenvalue weighted by atomic mass is 9.63. The predicted molar refractivity (Wildman–Crippen MR) is 108 cm³/mol. The molecule has 1 aliphatic heterocycles. The Morgan fingerprint density at radius 1 is 1.22 bits per heavy atom. The smallest absolute Gasteiger partial charge is 0.222 e. The highest BCUT2D eigenvalue weighted by molar-refractivity contribution is 7.99. The molecule has 0 radical (unpaired) electrons. The summed E-state index contributed by atoms with van der Waals surface area (Å²) in [5.41, 5.74) is 4.00. The van der Waals surface area contributed by atoms with E-state index in [0.717, 1.165) is 29.8 Å². The van der Waals surface area contributed by atoms with Crippen molar-refractivity contribution in [3.8, 4) is 0 Å². The maximum atomic E-state index is 12.2. The summed E-state index contributed by atoms with van der Waals surface area (Å²) >= 11 is 1.72. The van der Waals surface area contributed by atoms with Crippen molar-refractivity contribution in [2.75, 3.05) is 7.05 Å². The molecule has 1 fully saturated rings. The number of fused-ring (bicyclic) bond motifs is 4. The van der Waals surface area contributed by atoms with Gasteiger partial charge in [-0.2, -0.15) is 5.10 Å². The molecule has 5 rings (SSSR count). The van der Waals surface area contributed by atoms with E-state index in [1.807, 2.05) is 18.0 Å². The minimum Gasteiger partial charge on any atom is -0.342 e. The molecule has 4 nitrogen and oxygen atoms in total. The Kier molecular flexibility index (Phi) is 3.83. The second-order valence-electron chi connectivity index (χ2n) is 7.97. The maximum absolute atomic E-state index is 12.2. The van der Waals surface area contributed by atoms with E-state index in [0.29, 0.717) is 18.4 Å². The second kappa shape index (κ2) is 6.13. The summed E-state index contributed by atoms with van der Waals surface area (Å²) in [5, 5.41) is 9.80. The van der Waals surface area contributed by atoms with Crippen LogP contribution in [0.5, 0.6) is 0 Å². The van der Waals surface area contributed by atoms with Gasteiger partial charge in [0.1, 0.15) is 5.03 Å². The van der Waals surface area contributed by atoms with Crippen LogP contribution in [0.4, 0.5) is 0 Å². The number of nitrogens with one attached hydrogen (secondary N) is 1. The quantitative estimate of drug-likeness (QED) is 0.713. The summed E-state index contributed by atoms with van der Waals surface area (Å²) < 4.78 is 0. The number of hydrogen-bond donors (Lipinski definition) is 1. The number of piperidine rings is 1. The van der Waals surface area contributed by atoms with Gasteiger partial charge in [0.15, 0.2) is 0 Å². The monoisotopic (exact) mass is 377 g/mol. The Bertz CT molecular complexity index is 1040. The van der Waals surface area contributed by atoms with Gasteiger partial charge >= 0.3 is 0 Å². The number of H-pyrrole nitrogens is 1. The number of likely N-dealkylation sites (tertiary alicyclic amines) is 1. The van der Waals surface area contributed by atoms with E-state index in [9.17, 15) is 4.79 Å². The van der Waals surface area contributed by atoms with E-state index in [4.69, 9.17) is 0 Å². The molecular formula is C22H23N3OS. The first kappa shape index (κ1) is 16.9. The summed E-state index contributed by atoms with van der Waals surface area (Å²) in [7, 11) is 1.97. The van der Waals surface area contributed by atoms with Crippen molar-refractivity contribution in [1.29, 1.82) is 0 Å². The van der Waals surface area contributed by atoms with Gasteiger partial charge in [-0.3, -0.25) is 9.89 Å². The zero-order chi connectivity index (χ0) is 18.6. The van der Waals surface area contributed by atoms with E-state index in [1.54, 1.807) is 11.8 Å². The predicted octanol–water partition coefficient (Wildman–Crippen LogP) is 4.54. The van der Waals surface area contributed by atoms with E-state index >= 15 is 0 Å². The normalized spacial score (nSPS) is 24.7. The molecule has 2 atom stereocenters. The van der Waals surface area contributed by atoms with Crippen LogP contribution >= 0.6 is 11.8 Å². The van der Waals surface area contributed by atoms with Crippen LogP contribution < -0.4 is 0 Å². The number of aromatic amines is 1. The third kappa shape index (κ3) is 2.59. The van der Waals surface area contributed by atoms with E-state index < -0.39 is 0 Å². The number of carbonyl (C=O) groups is 1. The number of amides is 1. The van der Waals surface area contributed by atoms with Gasteiger partial charge in [-0.05, 0) is 48.6 Å². The van der Waals surface area contributed by atoms with Crippen molar-refractivity contribution in [3.63, 3.8) is 0 Å². The SMILES string of the molecule is CN1C(=O)CC[C@]2(C)c3ccc(Sc4n[nH]c5ccccc45)cc3CCC12. The fourth-order valence-electron chi connectivity index (χ4n) is 4.95. The first-order valence-electron chi connectivity index (χ1n) is 9.56. The highest BCUT2D eigenvalue weighted by atomic mass is 32.2. The Morgan fingerprint density at radius 2 is 2.07 bits per heavy atom. The van der Waals surface area contributed by atoms with Crippen molar-refractivity contribution in [2.45, 2.75) is 54.0 Å². The zero-order valence-electron chi connectivity index (χ0n) is 15.7. The lowest BCUT2D eigenvalue weighted by Gasteiger charge is -2.50. The zero-order valence-corrected chi connectivity index (χ0v) is 16.5. The van der Waals surface area contributed by atoms with Gasteiger partial charge < -0.3 is 4.90 Å². The molecule has 2 aliphatic rings. The Labute approximate surface area is 163 Å². The summed E-state index contributed by atoms with van der Waals surface area (Å²) in [5.74, 6) is 0.290. The number of carbonyl (C=O) groups excluding carboxylic acids is 1. The standard InChI is InChI=1S/C22H23N3OS/c1-22-12-11-20(26)25(2)19(22)10-7-14-13-15(8-9-17(14)22)27-21-16-5-3-4-6-18(16)23-24-21/h3-6,8-9,13,19H,7,10-12H2,1-2H3,(H,23,24)/t19?,22-/m1/s1. The van der Waals surface area contributed by atoms with Crippen LogP contribution in [0.3, 0.4) is 0 Å². The number of benzene rings is 2. The highest BCUT2D eigenvalue weighted by Gasteiger charge is 2.46. The Hall–Kier alpha value is -2.27. The van der Waals surface area contributed by atoms with Crippen LogP contribution in [-0.2, 0) is 16.6 Å². The lowest BCUT2D eigenvalue weighted by Crippen LogP contribution is -2.56. The summed E-state index contributed by atoms with van der Waals surface area (Å²) in [6.45, 7) is 2.34. The van der Waals surface area contributed by atoms with Crippen molar-refractivity contribution < 1.29 is 4.79 Å². The summed E-state index contributed by atoms with van der Waals surface area (Å²) in [4.78, 5) is 15.4. The molecule has 1 saturated heterocycles. The van der Waals surface area contributed by atoms with Crippen LogP contribution in [0.1, 0.15) is 37.3 Å². The maximum Gasteiger partial charge on any atom is 0.222 e. The molecule has 27 heavy (non-hydrogen) atoms. The number of nitrogens with zero attached hydrogens (tertiary/aromatic N) is 2. The summed E-state index contributed by atoms with van der Waals surface area (Å²) in [6.07, 6.45) is 3.68. The molecule has 0 saturated carbocycles. The minimum atomic E-state index is 0.0679. The van der Waals surface area contributed by atoms with Gasteiger partial charge in [0, 0.05) is 35.2 Å². The lowest BCUT2D eigenvalue weighted by molar-refractivity contribution is -0.138. The number of aromatic nitrogens is 2. The molecule has 138 valence electrons. The van der Waals surface area contributed by atoms with E-state index in [1.165, 1.54) is 21.4 Å². The third-order valence-electron chi connectivity index (χ3n) is 6.48. The Balaban J connectivity index is 1.48. The van der Waals surface area contributed by atoms with Crippen molar-refractivity contribution in [2.24, 2.45) is 0 Å². The van der Waals surface area contributed by atoms with Gasteiger partial charge in [0.05, 0.1) is 5.52 Å². The van der Waals surface area contributed by atoms with Gasteiger partial charge in [0.25, 0.3) is 0 Å². The van der Waals surface area contributed by atoms with Crippen LogP contribution in [0, 0.1) is 0 Å². The van der Waals surface area contributed by atoms with Crippen LogP contribution in [0.15, 0.2) is 52.4 Å². The largest absolute Gasteiger partial charge is 0.342 e. The molecule has 1 unspecified atom stereocenters. The number of hydrogen-bond acceptors (Lipinski definition) is 3. The summed E-state index contributed by atoms with van der Waals surface area (Å²) in [6, 6.07) is 15.4. The van der Waals surface area contributed by atoms with Crippen LogP contribution in [0.2, 0.25) is 0 Å². The first-order valence-corrected chi connectivity index (χ1v) is 10.4. The Morgan fingerprint density at radius 3 is 2.96 bits per heavy atom. The number of para-hydroxylation sites is 1. The molecule has 0 spiro atoms. The van der Waals surface area contributed by atoms with Crippen molar-refractivity contribution in [1.82, 2.24) is 15.1 Å². The average Bonchev–Trinajstić information content (AvgIpc) is 3.08. The van der Waals surface area contributed by atoms with Gasteiger partial charge in [-0.15, -0.1) is 0 Å².